The van der Waals surface area contributed by atoms with E-state index in [1.54, 1.807) is 0 Å². The van der Waals surface area contributed by atoms with E-state index in [1.807, 2.05) is 6.92 Å². The summed E-state index contributed by atoms with van der Waals surface area (Å²) in [5, 5.41) is 0. The Balaban J connectivity index is 2.30. The average Bonchev–Trinajstić information content (AvgIpc) is 2.05. The summed E-state index contributed by atoms with van der Waals surface area (Å²) < 4.78 is 5.15. The molecule has 1 aliphatic rings. The minimum atomic E-state index is 0.0107. The molecule has 0 N–H and O–H groups in total. The second-order valence-corrected chi connectivity index (χ2v) is 5.07. The lowest BCUT2D eigenvalue weighted by molar-refractivity contribution is -0.149. The fourth-order valence-electron chi connectivity index (χ4n) is 1.59. The van der Waals surface area contributed by atoms with Crippen LogP contribution >= 0.6 is 22.6 Å². The van der Waals surface area contributed by atoms with Gasteiger partial charge in [-0.25, -0.2) is 0 Å². The van der Waals surface area contributed by atoms with E-state index in [0.29, 0.717) is 0 Å². The summed E-state index contributed by atoms with van der Waals surface area (Å²) in [6.45, 7) is 1.89. The van der Waals surface area contributed by atoms with Crippen molar-refractivity contribution in [1.29, 1.82) is 0 Å². The Bertz CT molecular complexity index is 151. The highest BCUT2D eigenvalue weighted by atomic mass is 127. The topological polar surface area (TPSA) is 26.3 Å². The molecule has 0 bridgehead atoms. The summed E-state index contributed by atoms with van der Waals surface area (Å²) >= 11 is 2.11. The van der Waals surface area contributed by atoms with Crippen molar-refractivity contribution in [1.82, 2.24) is 0 Å². The van der Waals surface area contributed by atoms with Gasteiger partial charge in [-0.15, -0.1) is 0 Å². The van der Waals surface area contributed by atoms with Gasteiger partial charge in [-0.3, -0.25) is 4.79 Å². The van der Waals surface area contributed by atoms with Gasteiger partial charge in [-0.2, -0.15) is 0 Å². The molecule has 1 rings (SSSR count). The van der Waals surface area contributed by atoms with Crippen LogP contribution in [0.4, 0.5) is 0 Å². The molecule has 2 nitrogen and oxygen atoms in total. The van der Waals surface area contributed by atoms with E-state index in [-0.39, 0.29) is 16.0 Å². The van der Waals surface area contributed by atoms with Gasteiger partial charge in [-0.1, -0.05) is 19.3 Å². The molecule has 0 saturated heterocycles. The molecule has 1 saturated carbocycles. The number of ether oxygens (including phenoxy) is 1. The molecule has 1 atom stereocenters. The van der Waals surface area contributed by atoms with E-state index < -0.39 is 0 Å². The molecule has 1 unspecified atom stereocenters. The standard InChI is InChI=1S/C9H15IO2/c1-7(10)12-9(11)8-5-3-2-4-6-8/h7-8H,2-6H2,1H3. The van der Waals surface area contributed by atoms with Crippen LogP contribution in [0.1, 0.15) is 39.0 Å². The fraction of sp³-hybridized carbons (Fsp3) is 0.889. The molecule has 1 aliphatic carbocycles. The van der Waals surface area contributed by atoms with Crippen LogP contribution in [0, 0.1) is 5.92 Å². The molecule has 0 heterocycles. The van der Waals surface area contributed by atoms with Crippen molar-refractivity contribution in [3.8, 4) is 0 Å². The molecular weight excluding hydrogens is 267 g/mol. The molecule has 0 amide bonds. The predicted octanol–water partition coefficient (Wildman–Crippen LogP) is 2.89. The molecule has 0 aliphatic heterocycles. The number of esters is 1. The van der Waals surface area contributed by atoms with Crippen molar-refractivity contribution in [3.05, 3.63) is 0 Å². The largest absolute Gasteiger partial charge is 0.452 e. The molecule has 12 heavy (non-hydrogen) atoms. The molecule has 1 fully saturated rings. The van der Waals surface area contributed by atoms with Gasteiger partial charge < -0.3 is 4.74 Å². The van der Waals surface area contributed by atoms with Gasteiger partial charge in [0.15, 0.2) is 0 Å². The van der Waals surface area contributed by atoms with Crippen molar-refractivity contribution >= 4 is 28.6 Å². The number of alkyl halides is 1. The van der Waals surface area contributed by atoms with Crippen LogP contribution in [0.2, 0.25) is 0 Å². The van der Waals surface area contributed by atoms with Crippen LogP contribution < -0.4 is 0 Å². The molecule has 0 radical (unpaired) electrons. The van der Waals surface area contributed by atoms with Gasteiger partial charge in [0.1, 0.15) is 4.11 Å². The van der Waals surface area contributed by atoms with Gasteiger partial charge >= 0.3 is 5.97 Å². The summed E-state index contributed by atoms with van der Waals surface area (Å²) in [5.41, 5.74) is 0. The van der Waals surface area contributed by atoms with Crippen LogP contribution in [0.15, 0.2) is 0 Å². The lowest BCUT2D eigenvalue weighted by Gasteiger charge is -2.20. The van der Waals surface area contributed by atoms with Gasteiger partial charge in [0.2, 0.25) is 0 Å². The Kier molecular flexibility index (Phi) is 4.32. The molecule has 70 valence electrons. The third-order valence-corrected chi connectivity index (χ3v) is 2.47. The van der Waals surface area contributed by atoms with Crippen molar-refractivity contribution < 1.29 is 9.53 Å². The first kappa shape index (κ1) is 10.3. The number of rotatable bonds is 2. The third-order valence-electron chi connectivity index (χ3n) is 2.22. The van der Waals surface area contributed by atoms with Crippen LogP contribution in [0.25, 0.3) is 0 Å². The molecule has 0 aromatic rings. The highest BCUT2D eigenvalue weighted by Gasteiger charge is 2.23. The maximum Gasteiger partial charge on any atom is 0.309 e. The first-order valence-corrected chi connectivity index (χ1v) is 5.79. The minimum Gasteiger partial charge on any atom is -0.452 e. The first-order chi connectivity index (χ1) is 5.70. The summed E-state index contributed by atoms with van der Waals surface area (Å²) in [7, 11) is 0. The third kappa shape index (κ3) is 3.29. The fourth-order valence-corrected chi connectivity index (χ4v) is 1.85. The Morgan fingerprint density at radius 2 is 2.00 bits per heavy atom. The number of hydrogen-bond acceptors (Lipinski definition) is 2. The number of hydrogen-bond donors (Lipinski definition) is 0. The Hall–Kier alpha value is 0.200. The van der Waals surface area contributed by atoms with Crippen molar-refractivity contribution in [2.24, 2.45) is 5.92 Å². The number of carbonyl (C=O) groups excluding carboxylic acids is 1. The SMILES string of the molecule is CC(I)OC(=O)C1CCCCC1. The van der Waals surface area contributed by atoms with E-state index in [4.69, 9.17) is 4.74 Å². The predicted molar refractivity (Wildman–Crippen MR) is 56.1 cm³/mol. The van der Waals surface area contributed by atoms with Crippen molar-refractivity contribution in [2.75, 3.05) is 0 Å². The van der Waals surface area contributed by atoms with Crippen LogP contribution in [-0.4, -0.2) is 10.1 Å². The molecule has 0 spiro atoms. The Morgan fingerprint density at radius 1 is 1.42 bits per heavy atom. The zero-order valence-corrected chi connectivity index (χ0v) is 9.54. The Labute approximate surface area is 87.2 Å². The van der Waals surface area contributed by atoms with E-state index in [2.05, 4.69) is 22.6 Å². The zero-order valence-electron chi connectivity index (χ0n) is 7.38. The smallest absolute Gasteiger partial charge is 0.309 e. The minimum absolute atomic E-state index is 0.0107. The van der Waals surface area contributed by atoms with E-state index in [1.165, 1.54) is 19.3 Å². The van der Waals surface area contributed by atoms with Crippen LogP contribution in [0.5, 0.6) is 0 Å². The second-order valence-electron chi connectivity index (χ2n) is 3.31. The van der Waals surface area contributed by atoms with Crippen molar-refractivity contribution in [2.45, 2.75) is 43.1 Å². The van der Waals surface area contributed by atoms with Gasteiger partial charge in [0, 0.05) is 0 Å². The molecular formula is C9H15IO2. The van der Waals surface area contributed by atoms with Crippen LogP contribution in [0.3, 0.4) is 0 Å². The van der Waals surface area contributed by atoms with Crippen LogP contribution in [-0.2, 0) is 9.53 Å². The zero-order chi connectivity index (χ0) is 8.97. The normalized spacial score (nSPS) is 21.8. The summed E-state index contributed by atoms with van der Waals surface area (Å²) in [6.07, 6.45) is 5.72. The average molecular weight is 282 g/mol. The van der Waals surface area contributed by atoms with E-state index in [9.17, 15) is 4.79 Å². The highest BCUT2D eigenvalue weighted by Crippen LogP contribution is 2.25. The monoisotopic (exact) mass is 282 g/mol. The van der Waals surface area contributed by atoms with E-state index >= 15 is 0 Å². The van der Waals surface area contributed by atoms with Gasteiger partial charge in [0.05, 0.1) is 5.92 Å². The molecule has 0 aromatic carbocycles. The van der Waals surface area contributed by atoms with Gasteiger partial charge in [-0.05, 0) is 42.4 Å². The summed E-state index contributed by atoms with van der Waals surface area (Å²) in [4.78, 5) is 11.4. The summed E-state index contributed by atoms with van der Waals surface area (Å²) in [6, 6.07) is 0. The van der Waals surface area contributed by atoms with Gasteiger partial charge in [0.25, 0.3) is 0 Å². The lowest BCUT2D eigenvalue weighted by atomic mass is 9.89. The first-order valence-electron chi connectivity index (χ1n) is 4.54. The maximum atomic E-state index is 11.4. The van der Waals surface area contributed by atoms with Crippen molar-refractivity contribution in [3.63, 3.8) is 0 Å². The maximum absolute atomic E-state index is 11.4. The Morgan fingerprint density at radius 3 is 2.50 bits per heavy atom. The number of carbonyl (C=O) groups is 1. The number of halogens is 1. The lowest BCUT2D eigenvalue weighted by Crippen LogP contribution is -2.22. The highest BCUT2D eigenvalue weighted by molar-refractivity contribution is 14.1. The van der Waals surface area contributed by atoms with E-state index in [0.717, 1.165) is 12.8 Å². The molecule has 3 heteroatoms. The quantitative estimate of drug-likeness (QED) is 0.442. The second kappa shape index (κ2) is 5.04. The molecule has 0 aromatic heterocycles. The summed E-state index contributed by atoms with van der Waals surface area (Å²) in [5.74, 6) is 0.201.